The Hall–Kier alpha value is -2.08. The lowest BCUT2D eigenvalue weighted by Crippen LogP contribution is -2.15. The zero-order valence-electron chi connectivity index (χ0n) is 12.7. The molecule has 2 rings (SSSR count). The third kappa shape index (κ3) is 4.21. The van der Waals surface area contributed by atoms with Gasteiger partial charge in [-0.1, -0.05) is 19.4 Å². The molecule has 2 aromatic rings. The first-order chi connectivity index (χ1) is 10.5. The summed E-state index contributed by atoms with van der Waals surface area (Å²) < 4.78 is 33.3. The fraction of sp³-hybridized carbons (Fsp3) is 0.312. The standard InChI is InChI=1S/C16H20N2O3S/c1-3-4-10-21-15-11-13(2)7-8-16(15)22(19,20)18-14-6-5-9-17-12-14/h5-9,11-12,18H,3-4,10H2,1-2H3. The molecule has 0 spiro atoms. The van der Waals surface area contributed by atoms with Gasteiger partial charge in [0.15, 0.2) is 0 Å². The lowest BCUT2D eigenvalue weighted by Gasteiger charge is -2.14. The van der Waals surface area contributed by atoms with E-state index in [9.17, 15) is 8.42 Å². The largest absolute Gasteiger partial charge is 0.492 e. The Morgan fingerprint density at radius 3 is 2.77 bits per heavy atom. The Bertz CT molecular complexity index is 715. The van der Waals surface area contributed by atoms with Crippen LogP contribution in [0.2, 0.25) is 0 Å². The molecule has 118 valence electrons. The predicted molar refractivity (Wildman–Crippen MR) is 86.6 cm³/mol. The SMILES string of the molecule is CCCCOc1cc(C)ccc1S(=O)(=O)Nc1cccnc1. The molecule has 0 radical (unpaired) electrons. The van der Waals surface area contributed by atoms with Crippen LogP contribution in [0.15, 0.2) is 47.6 Å². The van der Waals surface area contributed by atoms with E-state index in [1.807, 2.05) is 6.92 Å². The first-order valence-corrected chi connectivity index (χ1v) is 8.67. The number of hydrogen-bond acceptors (Lipinski definition) is 4. The number of anilines is 1. The average Bonchev–Trinajstić information content (AvgIpc) is 2.48. The van der Waals surface area contributed by atoms with Crippen LogP contribution in [0.1, 0.15) is 25.3 Å². The molecule has 6 heteroatoms. The van der Waals surface area contributed by atoms with Gasteiger partial charge in [0, 0.05) is 6.20 Å². The normalized spacial score (nSPS) is 11.2. The maximum atomic E-state index is 12.5. The van der Waals surface area contributed by atoms with E-state index in [2.05, 4.69) is 16.6 Å². The molecule has 0 unspecified atom stereocenters. The number of sulfonamides is 1. The van der Waals surface area contributed by atoms with Gasteiger partial charge < -0.3 is 4.74 Å². The van der Waals surface area contributed by atoms with Crippen molar-refractivity contribution in [3.8, 4) is 5.75 Å². The van der Waals surface area contributed by atoms with Gasteiger partial charge in [-0.2, -0.15) is 0 Å². The number of aryl methyl sites for hydroxylation is 1. The van der Waals surface area contributed by atoms with Gasteiger partial charge in [0.05, 0.1) is 18.5 Å². The van der Waals surface area contributed by atoms with Crippen molar-refractivity contribution in [2.45, 2.75) is 31.6 Å². The molecule has 0 bridgehead atoms. The Morgan fingerprint density at radius 2 is 2.09 bits per heavy atom. The van der Waals surface area contributed by atoms with E-state index in [4.69, 9.17) is 4.74 Å². The first kappa shape index (κ1) is 16.3. The topological polar surface area (TPSA) is 68.3 Å². The summed E-state index contributed by atoms with van der Waals surface area (Å²) in [6, 6.07) is 8.38. The summed E-state index contributed by atoms with van der Waals surface area (Å²) in [6.45, 7) is 4.45. The molecule has 0 fully saturated rings. The first-order valence-electron chi connectivity index (χ1n) is 7.19. The van der Waals surface area contributed by atoms with E-state index in [1.54, 1.807) is 36.5 Å². The molecular weight excluding hydrogens is 300 g/mol. The number of hydrogen-bond donors (Lipinski definition) is 1. The van der Waals surface area contributed by atoms with Crippen molar-refractivity contribution in [1.82, 2.24) is 4.98 Å². The van der Waals surface area contributed by atoms with Crippen molar-refractivity contribution in [2.24, 2.45) is 0 Å². The van der Waals surface area contributed by atoms with Gasteiger partial charge in [0.25, 0.3) is 10.0 Å². The van der Waals surface area contributed by atoms with E-state index < -0.39 is 10.0 Å². The van der Waals surface area contributed by atoms with E-state index in [0.29, 0.717) is 18.0 Å². The number of unbranched alkanes of at least 4 members (excludes halogenated alkanes) is 1. The van der Waals surface area contributed by atoms with Crippen LogP contribution in [-0.2, 0) is 10.0 Å². The summed E-state index contributed by atoms with van der Waals surface area (Å²) in [4.78, 5) is 4.04. The maximum Gasteiger partial charge on any atom is 0.265 e. The number of rotatable bonds is 7. The third-order valence-electron chi connectivity index (χ3n) is 3.06. The van der Waals surface area contributed by atoms with Gasteiger partial charge in [-0.15, -0.1) is 0 Å². The number of aromatic nitrogens is 1. The molecule has 0 saturated carbocycles. The fourth-order valence-electron chi connectivity index (χ4n) is 1.91. The summed E-state index contributed by atoms with van der Waals surface area (Å²) in [5, 5.41) is 0. The second-order valence-corrected chi connectivity index (χ2v) is 6.65. The molecule has 1 heterocycles. The van der Waals surface area contributed by atoms with Crippen LogP contribution in [0.4, 0.5) is 5.69 Å². The second-order valence-electron chi connectivity index (χ2n) is 5.00. The summed E-state index contributed by atoms with van der Waals surface area (Å²) >= 11 is 0. The minimum Gasteiger partial charge on any atom is -0.492 e. The molecule has 0 atom stereocenters. The monoisotopic (exact) mass is 320 g/mol. The molecule has 0 aliphatic carbocycles. The zero-order chi connectivity index (χ0) is 16.0. The highest BCUT2D eigenvalue weighted by Gasteiger charge is 2.20. The summed E-state index contributed by atoms with van der Waals surface area (Å²) in [5.74, 6) is 0.379. The minimum absolute atomic E-state index is 0.137. The minimum atomic E-state index is -3.71. The van der Waals surface area contributed by atoms with Gasteiger partial charge in [-0.25, -0.2) is 8.42 Å². The van der Waals surface area contributed by atoms with Crippen LogP contribution in [0, 0.1) is 6.92 Å². The molecule has 0 aliphatic heterocycles. The zero-order valence-corrected chi connectivity index (χ0v) is 13.6. The number of ether oxygens (including phenoxy) is 1. The van der Waals surface area contributed by atoms with Crippen molar-refractivity contribution in [3.63, 3.8) is 0 Å². The molecule has 22 heavy (non-hydrogen) atoms. The van der Waals surface area contributed by atoms with Crippen LogP contribution >= 0.6 is 0 Å². The van der Waals surface area contributed by atoms with Crippen LogP contribution in [0.25, 0.3) is 0 Å². The van der Waals surface area contributed by atoms with Gasteiger partial charge in [-0.05, 0) is 43.2 Å². The highest BCUT2D eigenvalue weighted by molar-refractivity contribution is 7.92. The van der Waals surface area contributed by atoms with Gasteiger partial charge >= 0.3 is 0 Å². The molecule has 1 aromatic carbocycles. The molecule has 1 aromatic heterocycles. The maximum absolute atomic E-state index is 12.5. The lowest BCUT2D eigenvalue weighted by atomic mass is 10.2. The molecule has 1 N–H and O–H groups in total. The van der Waals surface area contributed by atoms with E-state index in [1.165, 1.54) is 6.20 Å². The van der Waals surface area contributed by atoms with Crippen molar-refractivity contribution in [2.75, 3.05) is 11.3 Å². The Kier molecular flexibility index (Phi) is 5.38. The molecule has 0 amide bonds. The molecule has 0 aliphatic rings. The van der Waals surface area contributed by atoms with E-state index in [0.717, 1.165) is 18.4 Å². The average molecular weight is 320 g/mol. The Balaban J connectivity index is 2.29. The third-order valence-corrected chi connectivity index (χ3v) is 4.48. The van der Waals surface area contributed by atoms with Crippen LogP contribution < -0.4 is 9.46 Å². The predicted octanol–water partition coefficient (Wildman–Crippen LogP) is 3.37. The Labute approximate surface area is 131 Å². The Morgan fingerprint density at radius 1 is 1.27 bits per heavy atom. The van der Waals surface area contributed by atoms with Crippen molar-refractivity contribution < 1.29 is 13.2 Å². The highest BCUT2D eigenvalue weighted by atomic mass is 32.2. The van der Waals surface area contributed by atoms with Gasteiger partial charge in [0.1, 0.15) is 10.6 Å². The van der Waals surface area contributed by atoms with Gasteiger partial charge in [-0.3, -0.25) is 9.71 Å². The number of benzene rings is 1. The molecular formula is C16H20N2O3S. The van der Waals surface area contributed by atoms with Crippen LogP contribution in [-0.4, -0.2) is 20.0 Å². The summed E-state index contributed by atoms with van der Waals surface area (Å²) in [6.07, 6.45) is 4.91. The van der Waals surface area contributed by atoms with Crippen LogP contribution in [0.3, 0.4) is 0 Å². The second kappa shape index (κ2) is 7.26. The highest BCUT2D eigenvalue weighted by Crippen LogP contribution is 2.27. The van der Waals surface area contributed by atoms with Crippen molar-refractivity contribution in [3.05, 3.63) is 48.3 Å². The molecule has 5 nitrogen and oxygen atoms in total. The van der Waals surface area contributed by atoms with E-state index >= 15 is 0 Å². The summed E-state index contributed by atoms with van der Waals surface area (Å²) in [5.41, 5.74) is 1.37. The smallest absolute Gasteiger partial charge is 0.265 e. The number of pyridine rings is 1. The summed E-state index contributed by atoms with van der Waals surface area (Å²) in [7, 11) is -3.71. The molecule has 0 saturated heterocycles. The fourth-order valence-corrected chi connectivity index (χ4v) is 3.08. The lowest BCUT2D eigenvalue weighted by molar-refractivity contribution is 0.301. The number of nitrogens with zero attached hydrogens (tertiary/aromatic N) is 1. The van der Waals surface area contributed by atoms with Gasteiger partial charge in [0.2, 0.25) is 0 Å². The van der Waals surface area contributed by atoms with Crippen molar-refractivity contribution >= 4 is 15.7 Å². The van der Waals surface area contributed by atoms with E-state index in [-0.39, 0.29) is 4.90 Å². The van der Waals surface area contributed by atoms with Crippen molar-refractivity contribution in [1.29, 1.82) is 0 Å². The van der Waals surface area contributed by atoms with Crippen LogP contribution in [0.5, 0.6) is 5.75 Å². The quantitative estimate of drug-likeness (QED) is 0.794. The number of nitrogens with one attached hydrogen (secondary N) is 1.